The summed E-state index contributed by atoms with van der Waals surface area (Å²) < 4.78 is 10.9. The molecule has 0 fully saturated rings. The first-order chi connectivity index (χ1) is 12.0. The summed E-state index contributed by atoms with van der Waals surface area (Å²) >= 11 is 0. The minimum Gasteiger partial charge on any atom is -0.497 e. The van der Waals surface area contributed by atoms with E-state index < -0.39 is 17.4 Å². The number of amides is 2. The minimum absolute atomic E-state index is 0.383. The maximum atomic E-state index is 12.9. The van der Waals surface area contributed by atoms with E-state index in [9.17, 15) is 9.59 Å². The van der Waals surface area contributed by atoms with Crippen LogP contribution in [0.2, 0.25) is 0 Å². The van der Waals surface area contributed by atoms with E-state index in [0.717, 1.165) is 0 Å². The highest BCUT2D eigenvalue weighted by Gasteiger charge is 2.50. The molecular formula is C18H19N3O4. The number of aromatic nitrogens is 1. The molecule has 130 valence electrons. The van der Waals surface area contributed by atoms with E-state index in [2.05, 4.69) is 10.3 Å². The summed E-state index contributed by atoms with van der Waals surface area (Å²) in [7, 11) is 1.54. The fourth-order valence-electron chi connectivity index (χ4n) is 2.67. The van der Waals surface area contributed by atoms with Crippen LogP contribution in [0.4, 0.5) is 11.5 Å². The normalized spacial score (nSPS) is 19.0. The molecule has 0 saturated heterocycles. The third-order valence-electron chi connectivity index (χ3n) is 4.05. The zero-order valence-corrected chi connectivity index (χ0v) is 14.3. The fourth-order valence-corrected chi connectivity index (χ4v) is 2.67. The van der Waals surface area contributed by atoms with E-state index in [1.807, 2.05) is 6.92 Å². The SMILES string of the molecule is CCN1C(=O)[C@@](C)(C(=O)Nc2cccc(OC)c2)Oc2cccnc21. The maximum absolute atomic E-state index is 12.9. The van der Waals surface area contributed by atoms with Gasteiger partial charge in [-0.2, -0.15) is 0 Å². The van der Waals surface area contributed by atoms with E-state index in [0.29, 0.717) is 29.5 Å². The van der Waals surface area contributed by atoms with Gasteiger partial charge in [0.1, 0.15) is 5.75 Å². The molecule has 3 rings (SSSR count). The lowest BCUT2D eigenvalue weighted by Gasteiger charge is -2.38. The monoisotopic (exact) mass is 341 g/mol. The van der Waals surface area contributed by atoms with E-state index in [1.54, 1.807) is 49.7 Å². The van der Waals surface area contributed by atoms with Crippen LogP contribution in [-0.2, 0) is 9.59 Å². The van der Waals surface area contributed by atoms with Gasteiger partial charge in [0.25, 0.3) is 17.4 Å². The number of carbonyl (C=O) groups excluding carboxylic acids is 2. The molecule has 0 spiro atoms. The molecule has 1 aliphatic rings. The van der Waals surface area contributed by atoms with Crippen molar-refractivity contribution in [2.45, 2.75) is 19.4 Å². The number of methoxy groups -OCH3 is 1. The van der Waals surface area contributed by atoms with Crippen LogP contribution in [-0.4, -0.2) is 36.1 Å². The lowest BCUT2D eigenvalue weighted by molar-refractivity contribution is -0.145. The zero-order chi connectivity index (χ0) is 18.0. The summed E-state index contributed by atoms with van der Waals surface area (Å²) in [5.74, 6) is 0.401. The number of carbonyl (C=O) groups is 2. The number of pyridine rings is 1. The van der Waals surface area contributed by atoms with Crippen molar-refractivity contribution in [2.24, 2.45) is 0 Å². The quantitative estimate of drug-likeness (QED) is 0.863. The van der Waals surface area contributed by atoms with Crippen molar-refractivity contribution >= 4 is 23.3 Å². The summed E-state index contributed by atoms with van der Waals surface area (Å²) in [4.78, 5) is 31.3. The van der Waals surface area contributed by atoms with Crippen molar-refractivity contribution < 1.29 is 19.1 Å². The summed E-state index contributed by atoms with van der Waals surface area (Å²) in [5.41, 5.74) is -1.17. The molecule has 1 atom stereocenters. The highest BCUT2D eigenvalue weighted by atomic mass is 16.5. The van der Waals surface area contributed by atoms with Gasteiger partial charge in [0.15, 0.2) is 11.6 Å². The largest absolute Gasteiger partial charge is 0.497 e. The number of likely N-dealkylation sites (N-methyl/N-ethyl adjacent to an activating group) is 1. The Morgan fingerprint density at radius 3 is 2.88 bits per heavy atom. The number of hydrogen-bond donors (Lipinski definition) is 1. The standard InChI is InChI=1S/C18H19N3O4/c1-4-21-15-14(9-6-10-19-15)25-18(2,17(21)23)16(22)20-12-7-5-8-13(11-12)24-3/h5-11H,4H2,1-3H3,(H,20,22)/t18-/m1/s1. The Morgan fingerprint density at radius 2 is 2.16 bits per heavy atom. The number of ether oxygens (including phenoxy) is 2. The fraction of sp³-hybridized carbons (Fsp3) is 0.278. The molecule has 7 nitrogen and oxygen atoms in total. The number of anilines is 2. The van der Waals surface area contributed by atoms with Gasteiger partial charge in [0.2, 0.25) is 0 Å². The Bertz CT molecular complexity index is 823. The molecule has 0 aliphatic carbocycles. The van der Waals surface area contributed by atoms with E-state index in [1.165, 1.54) is 11.8 Å². The minimum atomic E-state index is -1.69. The number of nitrogens with zero attached hydrogens (tertiary/aromatic N) is 2. The van der Waals surface area contributed by atoms with Gasteiger partial charge in [-0.3, -0.25) is 14.5 Å². The van der Waals surface area contributed by atoms with Crippen LogP contribution in [0.5, 0.6) is 11.5 Å². The van der Waals surface area contributed by atoms with Crippen LogP contribution in [0.25, 0.3) is 0 Å². The third-order valence-corrected chi connectivity index (χ3v) is 4.05. The van der Waals surface area contributed by atoms with Gasteiger partial charge in [0, 0.05) is 24.5 Å². The van der Waals surface area contributed by atoms with E-state index in [4.69, 9.17) is 9.47 Å². The number of nitrogens with one attached hydrogen (secondary N) is 1. The second kappa shape index (κ2) is 6.43. The summed E-state index contributed by atoms with van der Waals surface area (Å²) in [5, 5.41) is 2.72. The molecule has 7 heteroatoms. The van der Waals surface area contributed by atoms with Crippen LogP contribution in [0.1, 0.15) is 13.8 Å². The van der Waals surface area contributed by atoms with Crippen molar-refractivity contribution in [1.82, 2.24) is 4.98 Å². The maximum Gasteiger partial charge on any atom is 0.282 e. The van der Waals surface area contributed by atoms with Gasteiger partial charge in [-0.25, -0.2) is 4.98 Å². The van der Waals surface area contributed by atoms with Gasteiger partial charge >= 0.3 is 0 Å². The molecule has 0 unspecified atom stereocenters. The zero-order valence-electron chi connectivity index (χ0n) is 14.3. The van der Waals surface area contributed by atoms with Crippen LogP contribution in [0.15, 0.2) is 42.6 Å². The third kappa shape index (κ3) is 2.88. The predicted molar refractivity (Wildman–Crippen MR) is 92.9 cm³/mol. The van der Waals surface area contributed by atoms with Crippen LogP contribution in [0, 0.1) is 0 Å². The Hall–Kier alpha value is -3.09. The molecule has 1 aromatic heterocycles. The van der Waals surface area contributed by atoms with Gasteiger partial charge < -0.3 is 14.8 Å². The topological polar surface area (TPSA) is 80.8 Å². The van der Waals surface area contributed by atoms with Crippen LogP contribution < -0.4 is 19.7 Å². The molecule has 1 aliphatic heterocycles. The average Bonchev–Trinajstić information content (AvgIpc) is 2.63. The second-order valence-electron chi connectivity index (χ2n) is 5.70. The number of fused-ring (bicyclic) bond motifs is 1. The Labute approximate surface area is 145 Å². The predicted octanol–water partition coefficient (Wildman–Crippen LogP) is 2.23. The first kappa shape index (κ1) is 16.8. The summed E-state index contributed by atoms with van der Waals surface area (Å²) in [6, 6.07) is 10.3. The van der Waals surface area contributed by atoms with Crippen LogP contribution in [0.3, 0.4) is 0 Å². The molecular weight excluding hydrogens is 322 g/mol. The summed E-state index contributed by atoms with van der Waals surface area (Å²) in [6.07, 6.45) is 1.58. The van der Waals surface area contributed by atoms with Crippen molar-refractivity contribution in [3.63, 3.8) is 0 Å². The smallest absolute Gasteiger partial charge is 0.282 e. The summed E-state index contributed by atoms with van der Waals surface area (Å²) in [6.45, 7) is 3.67. The van der Waals surface area contributed by atoms with Crippen LogP contribution >= 0.6 is 0 Å². The molecule has 2 amide bonds. The average molecular weight is 341 g/mol. The van der Waals surface area contributed by atoms with Gasteiger partial charge in [-0.05, 0) is 38.1 Å². The Morgan fingerprint density at radius 1 is 1.36 bits per heavy atom. The molecule has 1 N–H and O–H groups in total. The Balaban J connectivity index is 1.92. The van der Waals surface area contributed by atoms with Gasteiger partial charge in [0.05, 0.1) is 7.11 Å². The van der Waals surface area contributed by atoms with Crippen molar-refractivity contribution in [2.75, 3.05) is 23.9 Å². The van der Waals surface area contributed by atoms with Crippen molar-refractivity contribution in [3.8, 4) is 11.5 Å². The van der Waals surface area contributed by atoms with E-state index >= 15 is 0 Å². The molecule has 0 radical (unpaired) electrons. The second-order valence-corrected chi connectivity index (χ2v) is 5.70. The first-order valence-electron chi connectivity index (χ1n) is 7.91. The molecule has 1 aromatic carbocycles. The highest BCUT2D eigenvalue weighted by Crippen LogP contribution is 2.36. The molecule has 2 aromatic rings. The number of rotatable bonds is 4. The first-order valence-corrected chi connectivity index (χ1v) is 7.91. The van der Waals surface area contributed by atoms with Crippen molar-refractivity contribution in [3.05, 3.63) is 42.6 Å². The number of benzene rings is 1. The highest BCUT2D eigenvalue weighted by molar-refractivity contribution is 6.19. The molecule has 0 saturated carbocycles. The lowest BCUT2D eigenvalue weighted by atomic mass is 10.0. The molecule has 2 heterocycles. The lowest BCUT2D eigenvalue weighted by Crippen LogP contribution is -2.60. The van der Waals surface area contributed by atoms with E-state index in [-0.39, 0.29) is 0 Å². The number of hydrogen-bond acceptors (Lipinski definition) is 5. The molecule has 25 heavy (non-hydrogen) atoms. The Kier molecular flexibility index (Phi) is 4.31. The molecule has 0 bridgehead atoms. The van der Waals surface area contributed by atoms with Gasteiger partial charge in [-0.1, -0.05) is 6.07 Å². The van der Waals surface area contributed by atoms with Gasteiger partial charge in [-0.15, -0.1) is 0 Å². The van der Waals surface area contributed by atoms with Crippen molar-refractivity contribution in [1.29, 1.82) is 0 Å².